The third-order valence-electron chi connectivity index (χ3n) is 2.45. The molecule has 1 aromatic heterocycles. The fraction of sp³-hybridized carbons (Fsp3) is 0.500. The Labute approximate surface area is 96.4 Å². The lowest BCUT2D eigenvalue weighted by atomic mass is 10.4. The van der Waals surface area contributed by atoms with Gasteiger partial charge in [0.05, 0.1) is 4.92 Å². The van der Waals surface area contributed by atoms with E-state index < -0.39 is 4.92 Å². The molecule has 2 N–H and O–H groups in total. The van der Waals surface area contributed by atoms with Gasteiger partial charge in [-0.1, -0.05) is 0 Å². The average Bonchev–Trinajstić information content (AvgIpc) is 2.67. The van der Waals surface area contributed by atoms with Gasteiger partial charge in [0.15, 0.2) is 0 Å². The highest BCUT2D eigenvalue weighted by Gasteiger charge is 2.28. The Morgan fingerprint density at radius 1 is 1.38 bits per heavy atom. The van der Waals surface area contributed by atoms with Crippen LogP contribution < -0.4 is 10.6 Å². The smallest absolute Gasteiger partial charge is 0.353 e. The fourth-order valence-electron chi connectivity index (χ4n) is 1.76. The van der Waals surface area contributed by atoms with E-state index in [1.165, 1.54) is 0 Å². The van der Waals surface area contributed by atoms with Crippen LogP contribution in [0, 0.1) is 10.1 Å². The molecule has 86 valence electrons. The maximum Gasteiger partial charge on any atom is 0.353 e. The van der Waals surface area contributed by atoms with Crippen molar-refractivity contribution in [3.8, 4) is 0 Å². The first-order chi connectivity index (χ1) is 7.59. The maximum atomic E-state index is 10.9. The number of anilines is 2. The number of nitrogens with two attached hydrogens (primary N) is 1. The van der Waals surface area contributed by atoms with E-state index in [0.29, 0.717) is 0 Å². The number of halogens is 1. The number of hydrogen-bond acceptors (Lipinski definition) is 6. The van der Waals surface area contributed by atoms with Crippen LogP contribution >= 0.6 is 11.6 Å². The summed E-state index contributed by atoms with van der Waals surface area (Å²) < 4.78 is 0. The van der Waals surface area contributed by atoms with Gasteiger partial charge in [0.1, 0.15) is 0 Å². The van der Waals surface area contributed by atoms with Crippen LogP contribution in [0.5, 0.6) is 0 Å². The molecule has 0 unspecified atom stereocenters. The van der Waals surface area contributed by atoms with Gasteiger partial charge >= 0.3 is 5.69 Å². The van der Waals surface area contributed by atoms with Crippen molar-refractivity contribution in [2.45, 2.75) is 12.8 Å². The highest BCUT2D eigenvalue weighted by molar-refractivity contribution is 6.28. The minimum Gasteiger partial charge on any atom is -0.378 e. The second-order valence-corrected chi connectivity index (χ2v) is 3.84. The van der Waals surface area contributed by atoms with E-state index in [1.54, 1.807) is 0 Å². The number of nitrogens with zero attached hydrogens (tertiary/aromatic N) is 4. The summed E-state index contributed by atoms with van der Waals surface area (Å²) in [6.45, 7) is 1.46. The van der Waals surface area contributed by atoms with Crippen LogP contribution in [0.15, 0.2) is 0 Å². The second-order valence-electron chi connectivity index (χ2n) is 3.50. The molecule has 2 heterocycles. The van der Waals surface area contributed by atoms with E-state index in [1.807, 2.05) is 4.90 Å². The third kappa shape index (κ3) is 1.85. The average molecular weight is 244 g/mol. The van der Waals surface area contributed by atoms with Crippen molar-refractivity contribution in [2.24, 2.45) is 0 Å². The highest BCUT2D eigenvalue weighted by Crippen LogP contribution is 2.33. The van der Waals surface area contributed by atoms with Crippen molar-refractivity contribution < 1.29 is 4.92 Å². The zero-order valence-corrected chi connectivity index (χ0v) is 9.15. The molecular weight excluding hydrogens is 234 g/mol. The molecule has 7 nitrogen and oxygen atoms in total. The van der Waals surface area contributed by atoms with Gasteiger partial charge in [0, 0.05) is 13.1 Å². The number of hydrogen-bond donors (Lipinski definition) is 1. The quantitative estimate of drug-likeness (QED) is 0.476. The molecule has 1 saturated heterocycles. The first kappa shape index (κ1) is 10.9. The van der Waals surface area contributed by atoms with Gasteiger partial charge in [-0.2, -0.15) is 9.97 Å². The molecule has 1 aliphatic rings. The summed E-state index contributed by atoms with van der Waals surface area (Å²) in [5, 5.41) is 10.8. The van der Waals surface area contributed by atoms with Crippen molar-refractivity contribution >= 4 is 28.9 Å². The summed E-state index contributed by atoms with van der Waals surface area (Å²) >= 11 is 5.65. The zero-order valence-electron chi connectivity index (χ0n) is 8.39. The molecule has 1 aliphatic heterocycles. The lowest BCUT2D eigenvalue weighted by Gasteiger charge is -2.16. The molecule has 0 amide bonds. The predicted molar refractivity (Wildman–Crippen MR) is 59.6 cm³/mol. The Morgan fingerprint density at radius 3 is 2.56 bits per heavy atom. The topological polar surface area (TPSA) is 98.2 Å². The zero-order chi connectivity index (χ0) is 11.7. The van der Waals surface area contributed by atoms with Crippen molar-refractivity contribution in [3.05, 3.63) is 15.4 Å². The van der Waals surface area contributed by atoms with Crippen LogP contribution in [-0.4, -0.2) is 28.0 Å². The van der Waals surface area contributed by atoms with Crippen molar-refractivity contribution in [2.75, 3.05) is 23.7 Å². The molecule has 0 aromatic carbocycles. The predicted octanol–water partition coefficient (Wildman–Crippen LogP) is 1.22. The largest absolute Gasteiger partial charge is 0.378 e. The van der Waals surface area contributed by atoms with E-state index in [2.05, 4.69) is 9.97 Å². The number of rotatable bonds is 2. The van der Waals surface area contributed by atoms with Gasteiger partial charge in [-0.15, -0.1) is 0 Å². The number of nitro groups is 1. The van der Waals surface area contributed by atoms with Gasteiger partial charge in [-0.05, 0) is 24.4 Å². The summed E-state index contributed by atoms with van der Waals surface area (Å²) in [4.78, 5) is 19.6. The van der Waals surface area contributed by atoms with E-state index >= 15 is 0 Å². The summed E-state index contributed by atoms with van der Waals surface area (Å²) in [5.74, 6) is 0.0342. The van der Waals surface area contributed by atoms with E-state index in [9.17, 15) is 10.1 Å². The summed E-state index contributed by atoms with van der Waals surface area (Å²) in [5.41, 5.74) is 5.23. The standard InChI is InChI=1S/C8H10ClN5O2/c9-8-11-6(10)5(14(15)16)7(12-8)13-3-1-2-4-13/h1-4H2,(H2,10,11,12). The van der Waals surface area contributed by atoms with Gasteiger partial charge in [-0.25, -0.2) is 0 Å². The van der Waals surface area contributed by atoms with E-state index in [-0.39, 0.29) is 22.6 Å². The Hall–Kier alpha value is -1.63. The fourth-order valence-corrected chi connectivity index (χ4v) is 1.93. The molecule has 2 rings (SSSR count). The number of nitrogen functional groups attached to an aromatic ring is 1. The van der Waals surface area contributed by atoms with Gasteiger partial charge < -0.3 is 10.6 Å². The SMILES string of the molecule is Nc1nc(Cl)nc(N2CCCC2)c1[N+](=O)[O-]. The van der Waals surface area contributed by atoms with Crippen LogP contribution in [-0.2, 0) is 0 Å². The summed E-state index contributed by atoms with van der Waals surface area (Å²) in [6, 6.07) is 0. The lowest BCUT2D eigenvalue weighted by molar-refractivity contribution is -0.383. The molecule has 0 saturated carbocycles. The molecular formula is C8H10ClN5O2. The molecule has 16 heavy (non-hydrogen) atoms. The van der Waals surface area contributed by atoms with Crippen LogP contribution in [0.25, 0.3) is 0 Å². The Bertz CT molecular complexity index is 433. The van der Waals surface area contributed by atoms with Crippen LogP contribution in [0.4, 0.5) is 17.3 Å². The first-order valence-electron chi connectivity index (χ1n) is 4.82. The van der Waals surface area contributed by atoms with Gasteiger partial charge in [-0.3, -0.25) is 10.1 Å². The second kappa shape index (κ2) is 4.09. The van der Waals surface area contributed by atoms with Crippen molar-refractivity contribution in [3.63, 3.8) is 0 Å². The molecule has 1 fully saturated rings. The molecule has 0 spiro atoms. The minimum atomic E-state index is -0.570. The molecule has 1 aromatic rings. The maximum absolute atomic E-state index is 10.9. The monoisotopic (exact) mass is 243 g/mol. The molecule has 8 heteroatoms. The van der Waals surface area contributed by atoms with Crippen molar-refractivity contribution in [1.29, 1.82) is 0 Å². The summed E-state index contributed by atoms with van der Waals surface area (Å²) in [7, 11) is 0. The van der Waals surface area contributed by atoms with Crippen LogP contribution in [0.3, 0.4) is 0 Å². The lowest BCUT2D eigenvalue weighted by Crippen LogP contribution is -2.21. The van der Waals surface area contributed by atoms with Gasteiger partial charge in [0.25, 0.3) is 0 Å². The Morgan fingerprint density at radius 2 is 2.00 bits per heavy atom. The minimum absolute atomic E-state index is 0.0648. The highest BCUT2D eigenvalue weighted by atomic mass is 35.5. The van der Waals surface area contributed by atoms with Crippen LogP contribution in [0.2, 0.25) is 5.28 Å². The summed E-state index contributed by atoms with van der Waals surface area (Å²) in [6.07, 6.45) is 1.97. The Balaban J connectivity index is 2.52. The third-order valence-corrected chi connectivity index (χ3v) is 2.62. The van der Waals surface area contributed by atoms with E-state index in [4.69, 9.17) is 17.3 Å². The molecule has 0 aliphatic carbocycles. The molecule has 0 atom stereocenters. The number of aromatic nitrogens is 2. The Kier molecular flexibility index (Phi) is 2.78. The molecule has 0 radical (unpaired) electrons. The normalized spacial score (nSPS) is 15.4. The molecule has 0 bridgehead atoms. The van der Waals surface area contributed by atoms with Gasteiger partial charge in [0.2, 0.25) is 16.9 Å². The first-order valence-corrected chi connectivity index (χ1v) is 5.19. The van der Waals surface area contributed by atoms with Crippen molar-refractivity contribution in [1.82, 2.24) is 9.97 Å². The van der Waals surface area contributed by atoms with Crippen LogP contribution in [0.1, 0.15) is 12.8 Å². The van der Waals surface area contributed by atoms with E-state index in [0.717, 1.165) is 25.9 Å².